The van der Waals surface area contributed by atoms with Crippen LogP contribution in [-0.4, -0.2) is 47.2 Å². The summed E-state index contributed by atoms with van der Waals surface area (Å²) in [6.45, 7) is 1.71. The Hall–Kier alpha value is -2.41. The largest absolute Gasteiger partial charge is 0.493 e. The quantitative estimate of drug-likeness (QED) is 0.511. The van der Waals surface area contributed by atoms with Crippen molar-refractivity contribution in [1.29, 1.82) is 0 Å². The van der Waals surface area contributed by atoms with E-state index < -0.39 is 0 Å². The van der Waals surface area contributed by atoms with Gasteiger partial charge >= 0.3 is 0 Å². The van der Waals surface area contributed by atoms with Crippen LogP contribution < -0.4 is 10.1 Å². The van der Waals surface area contributed by atoms with Crippen molar-refractivity contribution in [3.05, 3.63) is 66.1 Å². The first-order chi connectivity index (χ1) is 13.2. The molecule has 3 N–H and O–H groups in total. The summed E-state index contributed by atoms with van der Waals surface area (Å²) in [7, 11) is 0. The SMILES string of the molecule is OCC(CO)NCCn1ccc2ccc(OCCc3ccc(F)cc3)cc21. The Bertz CT molecular complexity index is 844. The Balaban J connectivity index is 1.57. The number of hydrogen-bond donors (Lipinski definition) is 3. The zero-order valence-electron chi connectivity index (χ0n) is 15.1. The lowest BCUT2D eigenvalue weighted by atomic mass is 10.1. The van der Waals surface area contributed by atoms with Crippen LogP contribution >= 0.6 is 0 Å². The van der Waals surface area contributed by atoms with Crippen LogP contribution in [0.15, 0.2) is 54.7 Å². The molecule has 0 spiro atoms. The molecular weight excluding hydrogens is 347 g/mol. The van der Waals surface area contributed by atoms with Gasteiger partial charge in [-0.05, 0) is 41.3 Å². The molecule has 0 aliphatic carbocycles. The molecule has 27 heavy (non-hydrogen) atoms. The molecular formula is C21H25FN2O3. The minimum Gasteiger partial charge on any atom is -0.493 e. The van der Waals surface area contributed by atoms with Crippen LogP contribution in [0.3, 0.4) is 0 Å². The van der Waals surface area contributed by atoms with Gasteiger partial charge in [0.05, 0.1) is 31.4 Å². The van der Waals surface area contributed by atoms with E-state index >= 15 is 0 Å². The normalized spacial score (nSPS) is 11.4. The number of rotatable bonds is 10. The fourth-order valence-electron chi connectivity index (χ4n) is 2.96. The number of nitrogens with zero attached hydrogens (tertiary/aromatic N) is 1. The van der Waals surface area contributed by atoms with E-state index in [1.54, 1.807) is 12.1 Å². The zero-order chi connectivity index (χ0) is 19.1. The number of ether oxygens (including phenoxy) is 1. The van der Waals surface area contributed by atoms with E-state index in [1.807, 2.05) is 30.5 Å². The van der Waals surface area contributed by atoms with Crippen LogP contribution in [0.2, 0.25) is 0 Å². The third kappa shape index (κ3) is 5.29. The summed E-state index contributed by atoms with van der Waals surface area (Å²) in [6.07, 6.45) is 2.73. The van der Waals surface area contributed by atoms with Crippen molar-refractivity contribution in [3.8, 4) is 5.75 Å². The summed E-state index contributed by atoms with van der Waals surface area (Å²) in [5, 5.41) is 22.5. The Morgan fingerprint density at radius 2 is 1.81 bits per heavy atom. The van der Waals surface area contributed by atoms with E-state index in [2.05, 4.69) is 9.88 Å². The molecule has 144 valence electrons. The molecule has 0 fully saturated rings. The van der Waals surface area contributed by atoms with Gasteiger partial charge in [-0.2, -0.15) is 0 Å². The Morgan fingerprint density at radius 3 is 2.56 bits per heavy atom. The maximum absolute atomic E-state index is 12.9. The van der Waals surface area contributed by atoms with E-state index in [9.17, 15) is 4.39 Å². The molecule has 0 saturated carbocycles. The van der Waals surface area contributed by atoms with Crippen LogP contribution in [0.1, 0.15) is 5.56 Å². The summed E-state index contributed by atoms with van der Waals surface area (Å²) < 4.78 is 20.9. The molecule has 5 nitrogen and oxygen atoms in total. The molecule has 2 aromatic carbocycles. The third-order valence-electron chi connectivity index (χ3n) is 4.54. The first kappa shape index (κ1) is 19.4. The van der Waals surface area contributed by atoms with Crippen molar-refractivity contribution in [1.82, 2.24) is 9.88 Å². The van der Waals surface area contributed by atoms with Gasteiger partial charge in [0.1, 0.15) is 11.6 Å². The fraction of sp³-hybridized carbons (Fsp3) is 0.333. The zero-order valence-corrected chi connectivity index (χ0v) is 15.1. The smallest absolute Gasteiger partial charge is 0.123 e. The van der Waals surface area contributed by atoms with E-state index in [1.165, 1.54) is 12.1 Å². The van der Waals surface area contributed by atoms with Crippen molar-refractivity contribution in [2.24, 2.45) is 0 Å². The number of hydrogen-bond acceptors (Lipinski definition) is 4. The van der Waals surface area contributed by atoms with Crippen molar-refractivity contribution in [3.63, 3.8) is 0 Å². The number of nitrogens with one attached hydrogen (secondary N) is 1. The molecule has 3 rings (SSSR count). The second kappa shape index (κ2) is 9.50. The molecule has 0 aliphatic heterocycles. The standard InChI is InChI=1S/C21H25FN2O3/c22-18-4-1-16(2-5-18)8-12-27-20-6-3-17-7-10-24(21(17)13-20)11-9-23-19(14-25)15-26/h1-7,10,13,19,23,25-26H,8-9,11-12,14-15H2. The van der Waals surface area contributed by atoms with E-state index in [4.69, 9.17) is 14.9 Å². The second-order valence-electron chi connectivity index (χ2n) is 6.47. The molecule has 1 aromatic heterocycles. The molecule has 0 aliphatic rings. The van der Waals surface area contributed by atoms with Crippen LogP contribution in [-0.2, 0) is 13.0 Å². The average molecular weight is 372 g/mol. The van der Waals surface area contributed by atoms with Gasteiger partial charge in [-0.1, -0.05) is 12.1 Å². The lowest BCUT2D eigenvalue weighted by molar-refractivity contribution is 0.170. The molecule has 0 radical (unpaired) electrons. The number of halogens is 1. The lowest BCUT2D eigenvalue weighted by Crippen LogP contribution is -2.37. The van der Waals surface area contributed by atoms with Gasteiger partial charge in [0.2, 0.25) is 0 Å². The molecule has 0 saturated heterocycles. The first-order valence-electron chi connectivity index (χ1n) is 9.11. The monoisotopic (exact) mass is 372 g/mol. The van der Waals surface area contributed by atoms with Gasteiger partial charge in [0.25, 0.3) is 0 Å². The second-order valence-corrected chi connectivity index (χ2v) is 6.47. The van der Waals surface area contributed by atoms with Gasteiger partial charge in [-0.25, -0.2) is 4.39 Å². The summed E-state index contributed by atoms with van der Waals surface area (Å²) in [4.78, 5) is 0. The molecule has 1 heterocycles. The maximum atomic E-state index is 12.9. The lowest BCUT2D eigenvalue weighted by Gasteiger charge is -2.14. The summed E-state index contributed by atoms with van der Waals surface area (Å²) in [6, 6.07) is 14.2. The van der Waals surface area contributed by atoms with Crippen LogP contribution in [0.5, 0.6) is 5.75 Å². The van der Waals surface area contributed by atoms with Crippen LogP contribution in [0.25, 0.3) is 10.9 Å². The van der Waals surface area contributed by atoms with Crippen molar-refractivity contribution in [2.75, 3.05) is 26.4 Å². The summed E-state index contributed by atoms with van der Waals surface area (Å²) in [5.74, 6) is 0.561. The number of benzene rings is 2. The number of aliphatic hydroxyl groups excluding tert-OH is 2. The van der Waals surface area contributed by atoms with Crippen LogP contribution in [0.4, 0.5) is 4.39 Å². The number of aliphatic hydroxyl groups is 2. The van der Waals surface area contributed by atoms with Crippen molar-refractivity contribution < 1.29 is 19.3 Å². The molecule has 3 aromatic rings. The highest BCUT2D eigenvalue weighted by Gasteiger charge is 2.06. The predicted molar refractivity (Wildman–Crippen MR) is 103 cm³/mol. The average Bonchev–Trinajstić information content (AvgIpc) is 3.09. The molecule has 0 atom stereocenters. The highest BCUT2D eigenvalue weighted by atomic mass is 19.1. The molecule has 0 amide bonds. The van der Waals surface area contributed by atoms with Crippen molar-refractivity contribution >= 4 is 10.9 Å². The van der Waals surface area contributed by atoms with Gasteiger partial charge in [0, 0.05) is 31.8 Å². The Morgan fingerprint density at radius 1 is 1.04 bits per heavy atom. The predicted octanol–water partition coefficient (Wildman–Crippen LogP) is 2.34. The highest BCUT2D eigenvalue weighted by molar-refractivity contribution is 5.81. The van der Waals surface area contributed by atoms with E-state index in [0.717, 1.165) is 28.8 Å². The van der Waals surface area contributed by atoms with E-state index in [-0.39, 0.29) is 25.1 Å². The number of fused-ring (bicyclic) bond motifs is 1. The maximum Gasteiger partial charge on any atom is 0.123 e. The number of aromatic nitrogens is 1. The topological polar surface area (TPSA) is 66.7 Å². The minimum atomic E-state index is -0.294. The van der Waals surface area contributed by atoms with Crippen LogP contribution in [0, 0.1) is 5.82 Å². The Kier molecular flexibility index (Phi) is 6.81. The molecule has 0 bridgehead atoms. The third-order valence-corrected chi connectivity index (χ3v) is 4.54. The summed E-state index contributed by atoms with van der Waals surface area (Å²) >= 11 is 0. The first-order valence-corrected chi connectivity index (χ1v) is 9.11. The molecule has 6 heteroatoms. The van der Waals surface area contributed by atoms with Gasteiger partial charge in [-0.3, -0.25) is 0 Å². The summed E-state index contributed by atoms with van der Waals surface area (Å²) in [5.41, 5.74) is 2.11. The van der Waals surface area contributed by atoms with E-state index in [0.29, 0.717) is 19.6 Å². The van der Waals surface area contributed by atoms with Gasteiger partial charge in [0.15, 0.2) is 0 Å². The highest BCUT2D eigenvalue weighted by Crippen LogP contribution is 2.22. The minimum absolute atomic E-state index is 0.0883. The van der Waals surface area contributed by atoms with Gasteiger partial charge in [-0.15, -0.1) is 0 Å². The molecule has 0 unspecified atom stereocenters. The van der Waals surface area contributed by atoms with Gasteiger partial charge < -0.3 is 24.8 Å². The Labute approximate surface area is 158 Å². The fourth-order valence-corrected chi connectivity index (χ4v) is 2.96. The van der Waals surface area contributed by atoms with Crippen molar-refractivity contribution in [2.45, 2.75) is 19.0 Å².